The Morgan fingerprint density at radius 2 is 2.17 bits per heavy atom. The van der Waals surface area contributed by atoms with Crippen LogP contribution in [0.15, 0.2) is 0 Å². The fourth-order valence-corrected chi connectivity index (χ4v) is 0.776. The van der Waals surface area contributed by atoms with Crippen molar-refractivity contribution >= 4 is 5.91 Å². The van der Waals surface area contributed by atoms with Crippen molar-refractivity contribution in [3.8, 4) is 0 Å². The average molecular weight is 174 g/mol. The normalized spacial score (nSPS) is 9.42. The zero-order chi connectivity index (χ0) is 9.40. The van der Waals surface area contributed by atoms with Crippen LogP contribution >= 0.6 is 0 Å². The van der Waals surface area contributed by atoms with Gasteiger partial charge in [0.15, 0.2) is 0 Å². The van der Waals surface area contributed by atoms with Gasteiger partial charge in [0.25, 0.3) is 12.5 Å². The molecule has 12 heavy (non-hydrogen) atoms. The number of rotatable bonds is 6. The van der Waals surface area contributed by atoms with Gasteiger partial charge in [-0.05, 0) is 6.42 Å². The summed E-state index contributed by atoms with van der Waals surface area (Å²) in [6.07, 6.45) is 3.00. The van der Waals surface area contributed by atoms with E-state index in [-0.39, 0.29) is 0 Å². The number of amides is 1. The van der Waals surface area contributed by atoms with Crippen LogP contribution in [-0.4, -0.2) is 23.9 Å². The first-order valence-electron chi connectivity index (χ1n) is 4.05. The number of hydrogen-bond donors (Lipinski definition) is 1. The van der Waals surface area contributed by atoms with E-state index in [9.17, 15) is 14.9 Å². The van der Waals surface area contributed by atoms with Crippen LogP contribution in [-0.2, 0) is 4.79 Å². The van der Waals surface area contributed by atoms with Crippen LogP contribution in [0.1, 0.15) is 26.2 Å². The number of carbonyl (C=O) groups is 1. The molecule has 5 nitrogen and oxygen atoms in total. The van der Waals surface area contributed by atoms with E-state index in [1.54, 1.807) is 0 Å². The van der Waals surface area contributed by atoms with Gasteiger partial charge in [0, 0.05) is 11.5 Å². The lowest BCUT2D eigenvalue weighted by Crippen LogP contribution is -2.30. The Labute approximate surface area is 71.3 Å². The molecule has 0 aliphatic carbocycles. The van der Waals surface area contributed by atoms with Crippen LogP contribution in [0.3, 0.4) is 0 Å². The topological polar surface area (TPSA) is 72.2 Å². The third-order valence-corrected chi connectivity index (χ3v) is 1.38. The molecule has 0 unspecified atom stereocenters. The third kappa shape index (κ3) is 6.98. The van der Waals surface area contributed by atoms with E-state index in [0.29, 0.717) is 6.54 Å². The summed E-state index contributed by atoms with van der Waals surface area (Å²) < 4.78 is 0. The predicted octanol–water partition coefficient (Wildman–Crippen LogP) is 0.569. The van der Waals surface area contributed by atoms with Crippen molar-refractivity contribution in [2.24, 2.45) is 0 Å². The molecule has 0 heterocycles. The lowest BCUT2D eigenvalue weighted by Gasteiger charge is -2.00. The second-order valence-electron chi connectivity index (χ2n) is 2.55. The summed E-state index contributed by atoms with van der Waals surface area (Å²) in [6.45, 7) is 1.98. The van der Waals surface area contributed by atoms with Gasteiger partial charge in [0.05, 0.1) is 0 Å². The Hall–Kier alpha value is -1.13. The zero-order valence-corrected chi connectivity index (χ0v) is 7.21. The minimum atomic E-state index is -0.630. The van der Waals surface area contributed by atoms with Crippen molar-refractivity contribution in [1.82, 2.24) is 5.32 Å². The summed E-state index contributed by atoms with van der Waals surface area (Å²) in [5, 5.41) is 12.3. The SMILES string of the molecule is CCCCCNC(=O)C[N+](=O)[O-]. The van der Waals surface area contributed by atoms with Crippen molar-refractivity contribution in [2.45, 2.75) is 26.2 Å². The molecule has 0 aromatic rings. The quantitative estimate of drug-likeness (QED) is 0.363. The Kier molecular flexibility index (Phi) is 5.95. The molecule has 5 heteroatoms. The molecular formula is C7H14N2O3. The molecule has 0 aliphatic rings. The van der Waals surface area contributed by atoms with E-state index in [0.717, 1.165) is 19.3 Å². The number of unbranched alkanes of at least 4 members (excludes halogenated alkanes) is 2. The second kappa shape index (κ2) is 6.57. The molecule has 0 aromatic heterocycles. The van der Waals surface area contributed by atoms with E-state index >= 15 is 0 Å². The Balaban J connectivity index is 3.26. The van der Waals surface area contributed by atoms with E-state index in [2.05, 4.69) is 12.2 Å². The molecule has 0 aliphatic heterocycles. The van der Waals surface area contributed by atoms with Gasteiger partial charge in [-0.15, -0.1) is 0 Å². The Morgan fingerprint density at radius 3 is 2.67 bits per heavy atom. The summed E-state index contributed by atoms with van der Waals surface area (Å²) in [4.78, 5) is 19.9. The molecule has 0 fully saturated rings. The van der Waals surface area contributed by atoms with Gasteiger partial charge in [-0.2, -0.15) is 0 Å². The molecule has 0 rings (SSSR count). The minimum Gasteiger partial charge on any atom is -0.350 e. The molecule has 0 spiro atoms. The van der Waals surface area contributed by atoms with Crippen LogP contribution in [0.5, 0.6) is 0 Å². The molecule has 0 aromatic carbocycles. The minimum absolute atomic E-state index is 0.504. The summed E-state index contributed by atoms with van der Waals surface area (Å²) >= 11 is 0. The summed E-state index contributed by atoms with van der Waals surface area (Å²) in [5.41, 5.74) is 0. The summed E-state index contributed by atoms with van der Waals surface area (Å²) in [6, 6.07) is 0. The van der Waals surface area contributed by atoms with Gasteiger partial charge in [-0.3, -0.25) is 14.9 Å². The van der Waals surface area contributed by atoms with Gasteiger partial charge in [0.1, 0.15) is 0 Å². The fourth-order valence-electron chi connectivity index (χ4n) is 0.776. The van der Waals surface area contributed by atoms with Gasteiger partial charge < -0.3 is 5.32 Å². The van der Waals surface area contributed by atoms with E-state index < -0.39 is 17.4 Å². The molecule has 1 N–H and O–H groups in total. The van der Waals surface area contributed by atoms with Gasteiger partial charge in [-0.1, -0.05) is 19.8 Å². The van der Waals surface area contributed by atoms with Crippen molar-refractivity contribution in [1.29, 1.82) is 0 Å². The maximum Gasteiger partial charge on any atom is 0.291 e. The maximum absolute atomic E-state index is 10.7. The van der Waals surface area contributed by atoms with Gasteiger partial charge in [0.2, 0.25) is 0 Å². The molecule has 0 saturated carbocycles. The molecule has 0 saturated heterocycles. The van der Waals surface area contributed by atoms with Crippen LogP contribution in [0.25, 0.3) is 0 Å². The molecule has 0 atom stereocenters. The molecule has 70 valence electrons. The second-order valence-corrected chi connectivity index (χ2v) is 2.55. The largest absolute Gasteiger partial charge is 0.350 e. The molecule has 1 amide bonds. The number of carbonyl (C=O) groups excluding carboxylic acids is 1. The van der Waals surface area contributed by atoms with Crippen molar-refractivity contribution in [3.63, 3.8) is 0 Å². The van der Waals surface area contributed by atoms with E-state index in [1.165, 1.54) is 0 Å². The Morgan fingerprint density at radius 1 is 1.50 bits per heavy atom. The Bertz CT molecular complexity index is 159. The standard InChI is InChI=1S/C7H14N2O3/c1-2-3-4-5-8-7(10)6-9(11)12/h2-6H2,1H3,(H,8,10). The molecular weight excluding hydrogens is 160 g/mol. The fraction of sp³-hybridized carbons (Fsp3) is 0.857. The van der Waals surface area contributed by atoms with E-state index in [4.69, 9.17) is 0 Å². The lowest BCUT2D eigenvalue weighted by molar-refractivity contribution is -0.467. The van der Waals surface area contributed by atoms with Gasteiger partial charge >= 0.3 is 0 Å². The highest BCUT2D eigenvalue weighted by molar-refractivity contribution is 5.76. The first-order valence-corrected chi connectivity index (χ1v) is 4.05. The smallest absolute Gasteiger partial charge is 0.291 e. The summed E-state index contributed by atoms with van der Waals surface area (Å²) in [7, 11) is 0. The van der Waals surface area contributed by atoms with Crippen molar-refractivity contribution < 1.29 is 9.72 Å². The number of hydrogen-bond acceptors (Lipinski definition) is 3. The molecule has 0 radical (unpaired) electrons. The van der Waals surface area contributed by atoms with Crippen LogP contribution < -0.4 is 5.32 Å². The number of nitrogens with zero attached hydrogens (tertiary/aromatic N) is 1. The highest BCUT2D eigenvalue weighted by atomic mass is 16.6. The van der Waals surface area contributed by atoms with Crippen molar-refractivity contribution in [2.75, 3.05) is 13.1 Å². The first-order chi connectivity index (χ1) is 5.66. The van der Waals surface area contributed by atoms with Crippen LogP contribution in [0.4, 0.5) is 0 Å². The first kappa shape index (κ1) is 10.9. The summed E-state index contributed by atoms with van der Waals surface area (Å²) in [5.74, 6) is -0.504. The van der Waals surface area contributed by atoms with Crippen LogP contribution in [0, 0.1) is 10.1 Å². The highest BCUT2D eigenvalue weighted by Crippen LogP contribution is 1.90. The maximum atomic E-state index is 10.7. The predicted molar refractivity (Wildman–Crippen MR) is 44.4 cm³/mol. The molecule has 0 bridgehead atoms. The van der Waals surface area contributed by atoms with Crippen molar-refractivity contribution in [3.05, 3.63) is 10.1 Å². The zero-order valence-electron chi connectivity index (χ0n) is 7.21. The third-order valence-electron chi connectivity index (χ3n) is 1.38. The number of nitro groups is 1. The van der Waals surface area contributed by atoms with Crippen LogP contribution in [0.2, 0.25) is 0 Å². The van der Waals surface area contributed by atoms with Gasteiger partial charge in [-0.25, -0.2) is 0 Å². The monoisotopic (exact) mass is 174 g/mol. The number of nitrogens with one attached hydrogen (secondary N) is 1. The lowest BCUT2D eigenvalue weighted by atomic mass is 10.2. The van der Waals surface area contributed by atoms with E-state index in [1.807, 2.05) is 0 Å². The highest BCUT2D eigenvalue weighted by Gasteiger charge is 2.06. The average Bonchev–Trinajstić information content (AvgIpc) is 1.97.